The lowest BCUT2D eigenvalue weighted by atomic mass is 10.0. The summed E-state index contributed by atoms with van der Waals surface area (Å²) in [7, 11) is 0. The van der Waals surface area contributed by atoms with E-state index in [1.807, 2.05) is 26.0 Å². The predicted octanol–water partition coefficient (Wildman–Crippen LogP) is 3.76. The van der Waals surface area contributed by atoms with Gasteiger partial charge in [-0.3, -0.25) is 0 Å². The Hall–Kier alpha value is -0.710. The lowest BCUT2D eigenvalue weighted by Gasteiger charge is -2.10. The van der Waals surface area contributed by atoms with Crippen molar-refractivity contribution in [2.24, 2.45) is 5.73 Å². The van der Waals surface area contributed by atoms with Gasteiger partial charge in [-0.05, 0) is 38.0 Å². The Bertz CT molecular complexity index is 505. The highest BCUT2D eigenvalue weighted by Crippen LogP contribution is 2.26. The summed E-state index contributed by atoms with van der Waals surface area (Å²) in [6.07, 6.45) is 0.857. The third-order valence-corrected chi connectivity index (χ3v) is 4.38. The third kappa shape index (κ3) is 3.15. The van der Waals surface area contributed by atoms with Gasteiger partial charge in [0.15, 0.2) is 0 Å². The van der Waals surface area contributed by atoms with Crippen molar-refractivity contribution in [3.05, 3.63) is 49.9 Å². The number of aryl methyl sites for hydroxylation is 2. The van der Waals surface area contributed by atoms with Gasteiger partial charge in [0.05, 0.1) is 10.7 Å². The van der Waals surface area contributed by atoms with E-state index in [-0.39, 0.29) is 6.04 Å². The Labute approximate surface area is 114 Å². The van der Waals surface area contributed by atoms with Crippen LogP contribution in [0.1, 0.15) is 27.2 Å². The maximum atomic E-state index is 6.24. The van der Waals surface area contributed by atoms with E-state index in [2.05, 4.69) is 33.0 Å². The van der Waals surface area contributed by atoms with Gasteiger partial charge in [-0.2, -0.15) is 0 Å². The van der Waals surface area contributed by atoms with Gasteiger partial charge in [-0.15, -0.1) is 11.3 Å². The smallest absolute Gasteiger partial charge is 0.0900 e. The van der Waals surface area contributed by atoms with Gasteiger partial charge in [0.25, 0.3) is 0 Å². The molecule has 0 aliphatic carbocycles. The molecular formula is C13H15BrN2S. The number of aromatic nitrogens is 1. The Balaban J connectivity index is 2.14. The molecule has 4 heteroatoms. The van der Waals surface area contributed by atoms with Crippen molar-refractivity contribution < 1.29 is 0 Å². The van der Waals surface area contributed by atoms with Crippen molar-refractivity contribution in [1.82, 2.24) is 4.98 Å². The van der Waals surface area contributed by atoms with Crippen LogP contribution in [0.4, 0.5) is 0 Å². The van der Waals surface area contributed by atoms with Gasteiger partial charge >= 0.3 is 0 Å². The zero-order valence-electron chi connectivity index (χ0n) is 9.90. The predicted molar refractivity (Wildman–Crippen MR) is 76.4 cm³/mol. The Morgan fingerprint density at radius 3 is 2.47 bits per heavy atom. The molecule has 1 unspecified atom stereocenters. The molecule has 1 aromatic carbocycles. The minimum Gasteiger partial charge on any atom is -0.323 e. The van der Waals surface area contributed by atoms with E-state index in [1.54, 1.807) is 11.3 Å². The maximum absolute atomic E-state index is 6.24. The highest BCUT2D eigenvalue weighted by atomic mass is 79.9. The molecule has 2 rings (SSSR count). The number of nitrogens with zero attached hydrogens (tertiary/aromatic N) is 1. The van der Waals surface area contributed by atoms with Crippen LogP contribution in [0.15, 0.2) is 28.7 Å². The molecule has 2 nitrogen and oxygen atoms in total. The van der Waals surface area contributed by atoms with Crippen LogP contribution in [0.25, 0.3) is 0 Å². The summed E-state index contributed by atoms with van der Waals surface area (Å²) in [6, 6.07) is 8.35. The van der Waals surface area contributed by atoms with Crippen LogP contribution in [0.3, 0.4) is 0 Å². The Morgan fingerprint density at radius 2 is 1.94 bits per heavy atom. The molecule has 0 saturated heterocycles. The van der Waals surface area contributed by atoms with Crippen LogP contribution in [0.5, 0.6) is 0 Å². The summed E-state index contributed by atoms with van der Waals surface area (Å²) in [5.41, 5.74) is 8.56. The van der Waals surface area contributed by atoms with Crippen molar-refractivity contribution in [3.63, 3.8) is 0 Å². The maximum Gasteiger partial charge on any atom is 0.0900 e. The quantitative estimate of drug-likeness (QED) is 0.937. The van der Waals surface area contributed by atoms with Crippen molar-refractivity contribution in [2.75, 3.05) is 0 Å². The highest BCUT2D eigenvalue weighted by molar-refractivity contribution is 9.10. The zero-order chi connectivity index (χ0) is 12.4. The lowest BCUT2D eigenvalue weighted by Crippen LogP contribution is -2.13. The summed E-state index contributed by atoms with van der Waals surface area (Å²) in [5.74, 6) is 0. The minimum absolute atomic E-state index is 0.0439. The topological polar surface area (TPSA) is 38.9 Å². The van der Waals surface area contributed by atoms with E-state index in [0.717, 1.165) is 21.6 Å². The Kier molecular flexibility index (Phi) is 3.97. The fraction of sp³-hybridized carbons (Fsp3) is 0.308. The van der Waals surface area contributed by atoms with Gasteiger partial charge in [0.2, 0.25) is 0 Å². The third-order valence-electron chi connectivity index (χ3n) is 2.65. The van der Waals surface area contributed by atoms with E-state index in [4.69, 9.17) is 5.73 Å². The molecular weight excluding hydrogens is 296 g/mol. The van der Waals surface area contributed by atoms with E-state index >= 15 is 0 Å². The van der Waals surface area contributed by atoms with Crippen molar-refractivity contribution in [2.45, 2.75) is 26.3 Å². The largest absolute Gasteiger partial charge is 0.323 e. The number of thiazole rings is 1. The summed E-state index contributed by atoms with van der Waals surface area (Å²) >= 11 is 5.13. The summed E-state index contributed by atoms with van der Waals surface area (Å²) in [5, 5.41) is 1.09. The second kappa shape index (κ2) is 5.29. The molecule has 1 aromatic heterocycles. The molecule has 1 atom stereocenters. The Morgan fingerprint density at radius 1 is 1.29 bits per heavy atom. The van der Waals surface area contributed by atoms with Crippen LogP contribution < -0.4 is 5.73 Å². The van der Waals surface area contributed by atoms with E-state index in [9.17, 15) is 0 Å². The molecule has 0 aliphatic heterocycles. The van der Waals surface area contributed by atoms with Crippen molar-refractivity contribution in [3.8, 4) is 0 Å². The SMILES string of the molecule is Cc1nc(C)c(C(N)Cc2ccc(Br)cc2)s1. The molecule has 90 valence electrons. The number of halogens is 1. The van der Waals surface area contributed by atoms with Crippen molar-refractivity contribution in [1.29, 1.82) is 0 Å². The molecule has 0 aliphatic rings. The number of benzene rings is 1. The van der Waals surface area contributed by atoms with Gasteiger partial charge < -0.3 is 5.73 Å². The normalized spacial score (nSPS) is 12.7. The van der Waals surface area contributed by atoms with Crippen LogP contribution >= 0.6 is 27.3 Å². The monoisotopic (exact) mass is 310 g/mol. The number of rotatable bonds is 3. The molecule has 2 aromatic rings. The van der Waals surface area contributed by atoms with Gasteiger partial charge in [0, 0.05) is 15.4 Å². The van der Waals surface area contributed by atoms with Gasteiger partial charge in [-0.1, -0.05) is 28.1 Å². The summed E-state index contributed by atoms with van der Waals surface area (Å²) in [6.45, 7) is 4.05. The standard InChI is InChI=1S/C13H15BrN2S/c1-8-13(17-9(2)16-8)12(15)7-10-3-5-11(14)6-4-10/h3-6,12H,7,15H2,1-2H3. The molecule has 0 amide bonds. The van der Waals surface area contributed by atoms with Gasteiger partial charge in [-0.25, -0.2) is 4.98 Å². The second-order valence-corrected chi connectivity index (χ2v) is 6.27. The average molecular weight is 311 g/mol. The van der Waals surface area contributed by atoms with E-state index < -0.39 is 0 Å². The van der Waals surface area contributed by atoms with Crippen LogP contribution in [0.2, 0.25) is 0 Å². The summed E-state index contributed by atoms with van der Waals surface area (Å²) < 4.78 is 1.10. The van der Waals surface area contributed by atoms with Crippen LogP contribution in [-0.4, -0.2) is 4.98 Å². The van der Waals surface area contributed by atoms with Crippen LogP contribution in [-0.2, 0) is 6.42 Å². The van der Waals surface area contributed by atoms with E-state index in [0.29, 0.717) is 0 Å². The molecule has 0 fully saturated rings. The fourth-order valence-corrected chi connectivity index (χ4v) is 3.05. The minimum atomic E-state index is 0.0439. The first kappa shape index (κ1) is 12.7. The van der Waals surface area contributed by atoms with Gasteiger partial charge in [0.1, 0.15) is 0 Å². The number of hydrogen-bond donors (Lipinski definition) is 1. The van der Waals surface area contributed by atoms with Crippen LogP contribution in [0, 0.1) is 13.8 Å². The molecule has 17 heavy (non-hydrogen) atoms. The van der Waals surface area contributed by atoms with Crippen molar-refractivity contribution >= 4 is 27.3 Å². The lowest BCUT2D eigenvalue weighted by molar-refractivity contribution is 0.728. The fourth-order valence-electron chi connectivity index (χ4n) is 1.86. The molecule has 1 heterocycles. The molecule has 0 bridgehead atoms. The number of hydrogen-bond acceptors (Lipinski definition) is 3. The first-order valence-electron chi connectivity index (χ1n) is 5.50. The highest BCUT2D eigenvalue weighted by Gasteiger charge is 2.13. The summed E-state index contributed by atoms with van der Waals surface area (Å²) in [4.78, 5) is 5.62. The zero-order valence-corrected chi connectivity index (χ0v) is 12.3. The first-order valence-corrected chi connectivity index (χ1v) is 7.11. The first-order chi connectivity index (χ1) is 8.06. The second-order valence-electron chi connectivity index (χ2n) is 4.12. The molecule has 0 spiro atoms. The van der Waals surface area contributed by atoms with E-state index in [1.165, 1.54) is 10.4 Å². The molecule has 0 saturated carbocycles. The number of nitrogens with two attached hydrogens (primary N) is 1. The molecule has 0 radical (unpaired) electrons. The molecule has 2 N–H and O–H groups in total. The average Bonchev–Trinajstić information content (AvgIpc) is 2.61.